The summed E-state index contributed by atoms with van der Waals surface area (Å²) in [7, 11) is 0. The Kier molecular flexibility index (Phi) is 8.06. The van der Waals surface area contributed by atoms with Crippen molar-refractivity contribution in [3.8, 4) is 0 Å². The fraction of sp³-hybridized carbons (Fsp3) is 0.929. The second-order valence-corrected chi connectivity index (χ2v) is 4.95. The molecule has 0 aromatic carbocycles. The van der Waals surface area contributed by atoms with Gasteiger partial charge in [0, 0.05) is 6.42 Å². The molecule has 0 unspecified atom stereocenters. The van der Waals surface area contributed by atoms with Crippen LogP contribution in [0.4, 0.5) is 0 Å². The van der Waals surface area contributed by atoms with E-state index in [2.05, 4.69) is 5.32 Å². The summed E-state index contributed by atoms with van der Waals surface area (Å²) in [6, 6.07) is 0. The molecule has 0 amide bonds. The Bertz CT molecular complexity index is 202. The molecule has 1 fully saturated rings. The van der Waals surface area contributed by atoms with Crippen LogP contribution in [0, 0.1) is 5.92 Å². The second-order valence-electron chi connectivity index (χ2n) is 4.95. The molecule has 1 aliphatic carbocycles. The zero-order valence-electron chi connectivity index (χ0n) is 11.2. The van der Waals surface area contributed by atoms with Gasteiger partial charge in [-0.1, -0.05) is 25.7 Å². The van der Waals surface area contributed by atoms with Crippen LogP contribution in [0.2, 0.25) is 0 Å². The Morgan fingerprint density at radius 2 is 2.06 bits per heavy atom. The van der Waals surface area contributed by atoms with Crippen LogP contribution >= 0.6 is 0 Å². The van der Waals surface area contributed by atoms with E-state index in [9.17, 15) is 4.79 Å². The maximum Gasteiger partial charge on any atom is 0.305 e. The summed E-state index contributed by atoms with van der Waals surface area (Å²) in [6.07, 6.45) is 9.52. The smallest absolute Gasteiger partial charge is 0.305 e. The largest absolute Gasteiger partial charge is 0.466 e. The fourth-order valence-corrected chi connectivity index (χ4v) is 2.14. The average molecular weight is 241 g/mol. The van der Waals surface area contributed by atoms with Gasteiger partial charge in [-0.2, -0.15) is 0 Å². The molecule has 1 aliphatic rings. The van der Waals surface area contributed by atoms with Crippen LogP contribution in [0.5, 0.6) is 0 Å². The zero-order chi connectivity index (χ0) is 12.3. The molecular weight excluding hydrogens is 214 g/mol. The van der Waals surface area contributed by atoms with Crippen LogP contribution in [0.15, 0.2) is 0 Å². The van der Waals surface area contributed by atoms with Crippen LogP contribution in [-0.2, 0) is 9.53 Å². The molecule has 0 spiro atoms. The minimum atomic E-state index is -0.0505. The standard InChI is InChI=1S/C14H27NO2/c1-2-17-14(16)9-4-3-5-11-15-12-10-13-7-6-8-13/h13,15H,2-12H2,1H3. The van der Waals surface area contributed by atoms with Crippen molar-refractivity contribution in [3.05, 3.63) is 0 Å². The topological polar surface area (TPSA) is 38.3 Å². The van der Waals surface area contributed by atoms with E-state index in [0.29, 0.717) is 13.0 Å². The second kappa shape index (κ2) is 9.46. The van der Waals surface area contributed by atoms with Crippen molar-refractivity contribution in [1.82, 2.24) is 5.32 Å². The molecule has 0 aromatic rings. The Morgan fingerprint density at radius 3 is 2.71 bits per heavy atom. The van der Waals surface area contributed by atoms with E-state index in [1.54, 1.807) is 0 Å². The SMILES string of the molecule is CCOC(=O)CCCCCNCCC1CCC1. The number of hydrogen-bond acceptors (Lipinski definition) is 3. The van der Waals surface area contributed by atoms with Crippen molar-refractivity contribution in [2.24, 2.45) is 5.92 Å². The van der Waals surface area contributed by atoms with E-state index >= 15 is 0 Å². The summed E-state index contributed by atoms with van der Waals surface area (Å²) in [6.45, 7) is 4.61. The summed E-state index contributed by atoms with van der Waals surface area (Å²) >= 11 is 0. The van der Waals surface area contributed by atoms with E-state index in [4.69, 9.17) is 4.74 Å². The van der Waals surface area contributed by atoms with Gasteiger partial charge in [-0.3, -0.25) is 4.79 Å². The lowest BCUT2D eigenvalue weighted by molar-refractivity contribution is -0.143. The number of carbonyl (C=O) groups excluding carboxylic acids is 1. The number of unbranched alkanes of at least 4 members (excludes halogenated alkanes) is 2. The molecule has 0 radical (unpaired) electrons. The van der Waals surface area contributed by atoms with Crippen molar-refractivity contribution in [1.29, 1.82) is 0 Å². The Hall–Kier alpha value is -0.570. The molecule has 3 heteroatoms. The predicted octanol–water partition coefficient (Wildman–Crippen LogP) is 2.89. The van der Waals surface area contributed by atoms with E-state index in [1.807, 2.05) is 6.92 Å². The van der Waals surface area contributed by atoms with Gasteiger partial charge in [0.15, 0.2) is 0 Å². The van der Waals surface area contributed by atoms with Gasteiger partial charge in [0.25, 0.3) is 0 Å². The Morgan fingerprint density at radius 1 is 1.24 bits per heavy atom. The molecule has 0 bridgehead atoms. The van der Waals surface area contributed by atoms with Crippen LogP contribution in [0.3, 0.4) is 0 Å². The lowest BCUT2D eigenvalue weighted by Crippen LogP contribution is -2.22. The molecule has 0 aromatic heterocycles. The van der Waals surface area contributed by atoms with Gasteiger partial charge in [-0.05, 0) is 45.2 Å². The molecule has 17 heavy (non-hydrogen) atoms. The zero-order valence-corrected chi connectivity index (χ0v) is 11.2. The Labute approximate surface area is 105 Å². The number of hydrogen-bond donors (Lipinski definition) is 1. The van der Waals surface area contributed by atoms with Gasteiger partial charge in [-0.25, -0.2) is 0 Å². The first-order valence-electron chi connectivity index (χ1n) is 7.19. The quantitative estimate of drug-likeness (QED) is 0.472. The lowest BCUT2D eigenvalue weighted by Gasteiger charge is -2.25. The van der Waals surface area contributed by atoms with Crippen LogP contribution in [0.25, 0.3) is 0 Å². The highest BCUT2D eigenvalue weighted by Crippen LogP contribution is 2.28. The molecule has 0 saturated heterocycles. The highest BCUT2D eigenvalue weighted by molar-refractivity contribution is 5.69. The Balaban J connectivity index is 1.73. The van der Waals surface area contributed by atoms with Crippen LogP contribution < -0.4 is 5.32 Å². The molecule has 0 atom stereocenters. The lowest BCUT2D eigenvalue weighted by atomic mass is 9.83. The number of carbonyl (C=O) groups is 1. The van der Waals surface area contributed by atoms with Gasteiger partial charge >= 0.3 is 5.97 Å². The third kappa shape index (κ3) is 7.37. The molecular formula is C14H27NO2. The van der Waals surface area contributed by atoms with E-state index in [0.717, 1.165) is 25.3 Å². The first-order valence-corrected chi connectivity index (χ1v) is 7.19. The first-order chi connectivity index (χ1) is 8.33. The maximum atomic E-state index is 11.1. The number of nitrogens with one attached hydrogen (secondary N) is 1. The first kappa shape index (κ1) is 14.5. The van der Waals surface area contributed by atoms with Gasteiger partial charge in [0.1, 0.15) is 0 Å². The summed E-state index contributed by atoms with van der Waals surface area (Å²) in [5.74, 6) is 0.955. The van der Waals surface area contributed by atoms with Crippen molar-refractivity contribution >= 4 is 5.97 Å². The van der Waals surface area contributed by atoms with E-state index in [-0.39, 0.29) is 5.97 Å². The van der Waals surface area contributed by atoms with E-state index in [1.165, 1.54) is 38.6 Å². The molecule has 0 heterocycles. The summed E-state index contributed by atoms with van der Waals surface area (Å²) in [5, 5.41) is 3.48. The summed E-state index contributed by atoms with van der Waals surface area (Å²) in [4.78, 5) is 11.1. The summed E-state index contributed by atoms with van der Waals surface area (Å²) in [5.41, 5.74) is 0. The normalized spacial score (nSPS) is 15.6. The average Bonchev–Trinajstić information content (AvgIpc) is 2.25. The highest BCUT2D eigenvalue weighted by atomic mass is 16.5. The highest BCUT2D eigenvalue weighted by Gasteiger charge is 2.15. The van der Waals surface area contributed by atoms with Crippen LogP contribution in [0.1, 0.15) is 58.3 Å². The number of rotatable bonds is 10. The maximum absolute atomic E-state index is 11.1. The van der Waals surface area contributed by atoms with Crippen molar-refractivity contribution < 1.29 is 9.53 Å². The number of ether oxygens (including phenoxy) is 1. The fourth-order valence-electron chi connectivity index (χ4n) is 2.14. The van der Waals surface area contributed by atoms with Gasteiger partial charge < -0.3 is 10.1 Å². The number of esters is 1. The molecule has 100 valence electrons. The molecule has 1 rings (SSSR count). The molecule has 1 saturated carbocycles. The monoisotopic (exact) mass is 241 g/mol. The van der Waals surface area contributed by atoms with Crippen molar-refractivity contribution in [2.45, 2.75) is 58.3 Å². The van der Waals surface area contributed by atoms with Crippen LogP contribution in [-0.4, -0.2) is 25.7 Å². The molecule has 3 nitrogen and oxygen atoms in total. The van der Waals surface area contributed by atoms with Gasteiger partial charge in [0.05, 0.1) is 6.61 Å². The predicted molar refractivity (Wildman–Crippen MR) is 69.9 cm³/mol. The van der Waals surface area contributed by atoms with E-state index < -0.39 is 0 Å². The third-order valence-electron chi connectivity index (χ3n) is 3.49. The third-order valence-corrected chi connectivity index (χ3v) is 3.49. The minimum Gasteiger partial charge on any atom is -0.466 e. The van der Waals surface area contributed by atoms with Gasteiger partial charge in [-0.15, -0.1) is 0 Å². The minimum absolute atomic E-state index is 0.0505. The van der Waals surface area contributed by atoms with Crippen molar-refractivity contribution in [3.63, 3.8) is 0 Å². The molecule has 1 N–H and O–H groups in total. The molecule has 0 aliphatic heterocycles. The summed E-state index contributed by atoms with van der Waals surface area (Å²) < 4.78 is 4.88. The van der Waals surface area contributed by atoms with Crippen molar-refractivity contribution in [2.75, 3.05) is 19.7 Å². The van der Waals surface area contributed by atoms with Gasteiger partial charge in [0.2, 0.25) is 0 Å².